The molecule has 2 N–H and O–H groups in total. The maximum absolute atomic E-state index is 12.5. The zero-order chi connectivity index (χ0) is 12.5. The van der Waals surface area contributed by atoms with Gasteiger partial charge in [-0.2, -0.15) is 0 Å². The second-order valence-corrected chi connectivity index (χ2v) is 5.36. The Morgan fingerprint density at radius 3 is 2.83 bits per heavy atom. The molecule has 1 heterocycles. The molecule has 1 saturated heterocycles. The van der Waals surface area contributed by atoms with Crippen LogP contribution < -0.4 is 5.32 Å². The maximum Gasteiger partial charge on any atom is 0.156 e. The van der Waals surface area contributed by atoms with Crippen molar-refractivity contribution in [3.8, 4) is 0 Å². The van der Waals surface area contributed by atoms with E-state index in [4.69, 9.17) is 0 Å². The number of ketones is 1. The Kier molecular flexibility index (Phi) is 3.18. The number of hydrogen-bond donors (Lipinski definition) is 2. The lowest BCUT2D eigenvalue weighted by atomic mass is 9.89. The van der Waals surface area contributed by atoms with Crippen LogP contribution in [0, 0.1) is 5.92 Å². The predicted octanol–water partition coefficient (Wildman–Crippen LogP) is 1.60. The number of aliphatic hydroxyl groups excluding tert-OH is 1. The molecule has 0 bridgehead atoms. The van der Waals surface area contributed by atoms with Crippen LogP contribution in [0.4, 0.5) is 0 Å². The SMILES string of the molecule is O=C(C1CCCCN1)C1Cc2ccccc2C1O. The molecule has 1 fully saturated rings. The van der Waals surface area contributed by atoms with E-state index in [0.717, 1.165) is 36.9 Å². The van der Waals surface area contributed by atoms with Gasteiger partial charge in [-0.15, -0.1) is 0 Å². The Labute approximate surface area is 107 Å². The average molecular weight is 245 g/mol. The first-order valence-corrected chi connectivity index (χ1v) is 6.80. The summed E-state index contributed by atoms with van der Waals surface area (Å²) in [6.07, 6.45) is 3.25. The third-order valence-electron chi connectivity index (χ3n) is 4.21. The summed E-state index contributed by atoms with van der Waals surface area (Å²) in [6, 6.07) is 7.79. The number of fused-ring (bicyclic) bond motifs is 1. The quantitative estimate of drug-likeness (QED) is 0.832. The van der Waals surface area contributed by atoms with E-state index in [9.17, 15) is 9.90 Å². The monoisotopic (exact) mass is 245 g/mol. The van der Waals surface area contributed by atoms with Gasteiger partial charge in [-0.3, -0.25) is 4.79 Å². The molecule has 3 rings (SSSR count). The summed E-state index contributed by atoms with van der Waals surface area (Å²) in [5.74, 6) is -0.0589. The predicted molar refractivity (Wildman–Crippen MR) is 69.2 cm³/mol. The van der Waals surface area contributed by atoms with Gasteiger partial charge >= 0.3 is 0 Å². The normalized spacial score (nSPS) is 31.1. The molecule has 0 spiro atoms. The third-order valence-corrected chi connectivity index (χ3v) is 4.21. The standard InChI is InChI=1S/C15H19NO2/c17-14-11-6-2-1-5-10(11)9-12(14)15(18)13-7-3-4-8-16-13/h1-2,5-6,12-14,16-17H,3-4,7-9H2. The van der Waals surface area contributed by atoms with Crippen LogP contribution in [0.2, 0.25) is 0 Å². The maximum atomic E-state index is 12.5. The molecule has 0 saturated carbocycles. The van der Waals surface area contributed by atoms with E-state index in [-0.39, 0.29) is 17.7 Å². The highest BCUT2D eigenvalue weighted by Gasteiger charge is 2.38. The van der Waals surface area contributed by atoms with Crippen LogP contribution in [0.15, 0.2) is 24.3 Å². The summed E-state index contributed by atoms with van der Waals surface area (Å²) in [7, 11) is 0. The van der Waals surface area contributed by atoms with Gasteiger partial charge in [-0.25, -0.2) is 0 Å². The number of rotatable bonds is 2. The molecule has 2 aliphatic rings. The van der Waals surface area contributed by atoms with Gasteiger partial charge in [-0.1, -0.05) is 30.7 Å². The van der Waals surface area contributed by atoms with Crippen LogP contribution in [0.1, 0.15) is 36.5 Å². The van der Waals surface area contributed by atoms with E-state index in [1.54, 1.807) is 0 Å². The molecule has 1 aromatic rings. The van der Waals surface area contributed by atoms with E-state index >= 15 is 0 Å². The number of benzene rings is 1. The molecule has 18 heavy (non-hydrogen) atoms. The van der Waals surface area contributed by atoms with Crippen molar-refractivity contribution in [3.05, 3.63) is 35.4 Å². The fourth-order valence-corrected chi connectivity index (χ4v) is 3.18. The van der Waals surface area contributed by atoms with Crippen molar-refractivity contribution in [1.82, 2.24) is 5.32 Å². The van der Waals surface area contributed by atoms with Crippen molar-refractivity contribution < 1.29 is 9.90 Å². The summed E-state index contributed by atoms with van der Waals surface area (Å²) in [4.78, 5) is 12.5. The molecule has 0 aromatic heterocycles. The highest BCUT2D eigenvalue weighted by atomic mass is 16.3. The molecule has 3 unspecified atom stereocenters. The summed E-state index contributed by atoms with van der Waals surface area (Å²) < 4.78 is 0. The number of carbonyl (C=O) groups excluding carboxylic acids is 1. The van der Waals surface area contributed by atoms with Crippen molar-refractivity contribution in [2.75, 3.05) is 6.54 Å². The second-order valence-electron chi connectivity index (χ2n) is 5.36. The summed E-state index contributed by atoms with van der Waals surface area (Å²) >= 11 is 0. The molecular formula is C15H19NO2. The van der Waals surface area contributed by atoms with E-state index in [2.05, 4.69) is 5.32 Å². The van der Waals surface area contributed by atoms with Crippen LogP contribution in [-0.2, 0) is 11.2 Å². The molecule has 96 valence electrons. The Bertz CT molecular complexity index is 452. The van der Waals surface area contributed by atoms with Crippen molar-refractivity contribution in [2.45, 2.75) is 37.8 Å². The van der Waals surface area contributed by atoms with Gasteiger partial charge in [0.1, 0.15) is 0 Å². The Morgan fingerprint density at radius 2 is 2.11 bits per heavy atom. The largest absolute Gasteiger partial charge is 0.388 e. The summed E-state index contributed by atoms with van der Waals surface area (Å²) in [5.41, 5.74) is 2.06. The lowest BCUT2D eigenvalue weighted by Gasteiger charge is -2.26. The number of nitrogens with one attached hydrogen (secondary N) is 1. The lowest BCUT2D eigenvalue weighted by Crippen LogP contribution is -2.44. The fourth-order valence-electron chi connectivity index (χ4n) is 3.18. The van der Waals surface area contributed by atoms with Crippen molar-refractivity contribution in [2.24, 2.45) is 5.92 Å². The highest BCUT2D eigenvalue weighted by molar-refractivity contribution is 5.88. The van der Waals surface area contributed by atoms with Crippen LogP contribution >= 0.6 is 0 Å². The smallest absolute Gasteiger partial charge is 0.156 e. The summed E-state index contributed by atoms with van der Waals surface area (Å²) in [6.45, 7) is 0.923. The minimum absolute atomic E-state index is 0.0484. The fraction of sp³-hybridized carbons (Fsp3) is 0.533. The molecule has 3 atom stereocenters. The first-order valence-electron chi connectivity index (χ1n) is 6.80. The highest BCUT2D eigenvalue weighted by Crippen LogP contribution is 2.37. The molecule has 3 nitrogen and oxygen atoms in total. The van der Waals surface area contributed by atoms with E-state index in [1.807, 2.05) is 24.3 Å². The Hall–Kier alpha value is -1.19. The van der Waals surface area contributed by atoms with Crippen molar-refractivity contribution >= 4 is 5.78 Å². The molecule has 1 aliphatic heterocycles. The molecular weight excluding hydrogens is 226 g/mol. The minimum Gasteiger partial charge on any atom is -0.388 e. The molecule has 0 amide bonds. The zero-order valence-electron chi connectivity index (χ0n) is 10.4. The first-order chi connectivity index (χ1) is 8.77. The molecule has 3 heteroatoms. The molecule has 1 aliphatic carbocycles. The van der Waals surface area contributed by atoms with Gasteiger partial charge in [-0.05, 0) is 36.9 Å². The number of hydrogen-bond acceptors (Lipinski definition) is 3. The first kappa shape index (κ1) is 11.9. The van der Waals surface area contributed by atoms with Gasteiger partial charge in [0.25, 0.3) is 0 Å². The zero-order valence-corrected chi connectivity index (χ0v) is 10.4. The van der Waals surface area contributed by atoms with Gasteiger partial charge in [0, 0.05) is 0 Å². The summed E-state index contributed by atoms with van der Waals surface area (Å²) in [5, 5.41) is 13.6. The number of aliphatic hydroxyl groups is 1. The van der Waals surface area contributed by atoms with Crippen LogP contribution in [0.5, 0.6) is 0 Å². The van der Waals surface area contributed by atoms with Crippen molar-refractivity contribution in [1.29, 1.82) is 0 Å². The van der Waals surface area contributed by atoms with Crippen molar-refractivity contribution in [3.63, 3.8) is 0 Å². The van der Waals surface area contributed by atoms with E-state index < -0.39 is 6.10 Å². The third kappa shape index (κ3) is 1.98. The minimum atomic E-state index is -0.613. The number of carbonyl (C=O) groups is 1. The second kappa shape index (κ2) is 4.82. The van der Waals surface area contributed by atoms with Gasteiger partial charge in [0.05, 0.1) is 18.1 Å². The van der Waals surface area contributed by atoms with E-state index in [1.165, 1.54) is 0 Å². The lowest BCUT2D eigenvalue weighted by molar-refractivity contribution is -0.128. The average Bonchev–Trinajstić information content (AvgIpc) is 2.77. The van der Waals surface area contributed by atoms with Crippen LogP contribution in [-0.4, -0.2) is 23.5 Å². The van der Waals surface area contributed by atoms with Gasteiger partial charge in [0.15, 0.2) is 5.78 Å². The molecule has 0 radical (unpaired) electrons. The topological polar surface area (TPSA) is 49.3 Å². The van der Waals surface area contributed by atoms with Crippen LogP contribution in [0.3, 0.4) is 0 Å². The Morgan fingerprint density at radius 1 is 1.28 bits per heavy atom. The number of piperidine rings is 1. The van der Waals surface area contributed by atoms with E-state index in [0.29, 0.717) is 6.42 Å². The Balaban J connectivity index is 1.77. The van der Waals surface area contributed by atoms with Gasteiger partial charge in [0.2, 0.25) is 0 Å². The molecule has 1 aromatic carbocycles. The van der Waals surface area contributed by atoms with Crippen LogP contribution in [0.25, 0.3) is 0 Å². The number of Topliss-reactive ketones (excluding diaryl/α,β-unsaturated/α-hetero) is 1. The van der Waals surface area contributed by atoms with Gasteiger partial charge < -0.3 is 10.4 Å².